The van der Waals surface area contributed by atoms with Crippen molar-refractivity contribution >= 4 is 34.1 Å². The summed E-state index contributed by atoms with van der Waals surface area (Å²) in [6, 6.07) is 0. The second-order valence-corrected chi connectivity index (χ2v) is 5.64. The first-order valence-corrected chi connectivity index (χ1v) is 6.66. The summed E-state index contributed by atoms with van der Waals surface area (Å²) in [5.41, 5.74) is 1.88. The summed E-state index contributed by atoms with van der Waals surface area (Å²) in [4.78, 5) is 12.9. The summed E-state index contributed by atoms with van der Waals surface area (Å²) in [7, 11) is 1.87. The standard InChI is InChI=1S/C10H9N5S2/c1-6-4-16-10(14-6)17-9-7-3-13-15(2)8(7)11-5-12-9/h3-5H,1-2H3. The highest BCUT2D eigenvalue weighted by Gasteiger charge is 2.10. The molecule has 3 aromatic rings. The third kappa shape index (κ3) is 1.91. The number of hydrogen-bond acceptors (Lipinski definition) is 6. The van der Waals surface area contributed by atoms with Crippen LogP contribution in [0.1, 0.15) is 5.69 Å². The number of fused-ring (bicyclic) bond motifs is 1. The molecule has 86 valence electrons. The topological polar surface area (TPSA) is 56.5 Å². The summed E-state index contributed by atoms with van der Waals surface area (Å²) in [6.07, 6.45) is 3.35. The van der Waals surface area contributed by atoms with Gasteiger partial charge < -0.3 is 0 Å². The summed E-state index contributed by atoms with van der Waals surface area (Å²) in [5.74, 6) is 0. The lowest BCUT2D eigenvalue weighted by molar-refractivity contribution is 0.784. The van der Waals surface area contributed by atoms with Crippen molar-refractivity contribution in [2.45, 2.75) is 16.3 Å². The highest BCUT2D eigenvalue weighted by Crippen LogP contribution is 2.32. The Bertz CT molecular complexity index is 672. The average Bonchev–Trinajstić information content (AvgIpc) is 2.88. The predicted octanol–water partition coefficient (Wildman–Crippen LogP) is 2.28. The van der Waals surface area contributed by atoms with Gasteiger partial charge in [0.05, 0.1) is 11.6 Å². The largest absolute Gasteiger partial charge is 0.250 e. The van der Waals surface area contributed by atoms with Gasteiger partial charge in [0.2, 0.25) is 0 Å². The number of aryl methyl sites for hydroxylation is 2. The number of thiazole rings is 1. The van der Waals surface area contributed by atoms with Crippen LogP contribution in [-0.2, 0) is 7.05 Å². The molecule has 7 heteroatoms. The average molecular weight is 263 g/mol. The van der Waals surface area contributed by atoms with Crippen LogP contribution in [0.5, 0.6) is 0 Å². The predicted molar refractivity (Wildman–Crippen MR) is 67.3 cm³/mol. The lowest BCUT2D eigenvalue weighted by Gasteiger charge is -1.98. The molecule has 0 aliphatic rings. The zero-order valence-corrected chi connectivity index (χ0v) is 10.9. The van der Waals surface area contributed by atoms with E-state index in [1.165, 1.54) is 0 Å². The fourth-order valence-electron chi connectivity index (χ4n) is 1.48. The minimum Gasteiger partial charge on any atom is -0.250 e. The van der Waals surface area contributed by atoms with Gasteiger partial charge in [-0.2, -0.15) is 5.10 Å². The van der Waals surface area contributed by atoms with Crippen LogP contribution < -0.4 is 0 Å². The molecule has 0 saturated carbocycles. The van der Waals surface area contributed by atoms with Crippen LogP contribution in [0.25, 0.3) is 11.0 Å². The van der Waals surface area contributed by atoms with E-state index in [2.05, 4.69) is 20.1 Å². The molecule has 0 atom stereocenters. The lowest BCUT2D eigenvalue weighted by atomic mass is 10.4. The summed E-state index contributed by atoms with van der Waals surface area (Å²) in [5, 5.41) is 8.08. The number of rotatable bonds is 2. The molecule has 0 radical (unpaired) electrons. The second kappa shape index (κ2) is 4.08. The van der Waals surface area contributed by atoms with Crippen LogP contribution in [0.15, 0.2) is 27.3 Å². The quantitative estimate of drug-likeness (QED) is 0.664. The first kappa shape index (κ1) is 10.7. The molecule has 0 amide bonds. The Morgan fingerprint density at radius 1 is 1.35 bits per heavy atom. The van der Waals surface area contributed by atoms with Gasteiger partial charge in [-0.1, -0.05) is 0 Å². The van der Waals surface area contributed by atoms with Crippen molar-refractivity contribution in [3.63, 3.8) is 0 Å². The fourth-order valence-corrected chi connectivity index (χ4v) is 3.29. The fraction of sp³-hybridized carbons (Fsp3) is 0.200. The molecule has 0 saturated heterocycles. The van der Waals surface area contributed by atoms with Gasteiger partial charge in [0.15, 0.2) is 9.99 Å². The van der Waals surface area contributed by atoms with Gasteiger partial charge in [-0.15, -0.1) is 11.3 Å². The second-order valence-electron chi connectivity index (χ2n) is 3.54. The zero-order chi connectivity index (χ0) is 11.8. The van der Waals surface area contributed by atoms with E-state index >= 15 is 0 Å². The van der Waals surface area contributed by atoms with Gasteiger partial charge in [-0.25, -0.2) is 15.0 Å². The molecule has 0 fully saturated rings. The van der Waals surface area contributed by atoms with Crippen molar-refractivity contribution in [3.05, 3.63) is 23.6 Å². The molecular weight excluding hydrogens is 254 g/mol. The Hall–Kier alpha value is -1.47. The first-order chi connectivity index (χ1) is 8.24. The number of aromatic nitrogens is 5. The lowest BCUT2D eigenvalue weighted by Crippen LogP contribution is -1.92. The molecule has 3 aromatic heterocycles. The summed E-state index contributed by atoms with van der Waals surface area (Å²) < 4.78 is 2.74. The van der Waals surface area contributed by atoms with E-state index in [0.717, 1.165) is 26.1 Å². The molecule has 0 aliphatic heterocycles. The highest BCUT2D eigenvalue weighted by molar-refractivity contribution is 8.01. The monoisotopic (exact) mass is 263 g/mol. The van der Waals surface area contributed by atoms with Crippen LogP contribution in [0, 0.1) is 6.92 Å². The Balaban J connectivity index is 2.05. The first-order valence-electron chi connectivity index (χ1n) is 4.97. The van der Waals surface area contributed by atoms with Gasteiger partial charge in [-0.3, -0.25) is 4.68 Å². The number of hydrogen-bond donors (Lipinski definition) is 0. The maximum atomic E-state index is 4.41. The molecule has 0 N–H and O–H groups in total. The van der Waals surface area contributed by atoms with E-state index in [-0.39, 0.29) is 0 Å². The summed E-state index contributed by atoms with van der Waals surface area (Å²) >= 11 is 3.18. The minimum atomic E-state index is 0.843. The van der Waals surface area contributed by atoms with Crippen LogP contribution in [0.3, 0.4) is 0 Å². The van der Waals surface area contributed by atoms with Crippen molar-refractivity contribution in [2.24, 2.45) is 7.05 Å². The van der Waals surface area contributed by atoms with Crippen LogP contribution in [-0.4, -0.2) is 24.7 Å². The molecule has 5 nitrogen and oxygen atoms in total. The smallest absolute Gasteiger partial charge is 0.162 e. The van der Waals surface area contributed by atoms with Crippen LogP contribution in [0.4, 0.5) is 0 Å². The SMILES string of the molecule is Cc1csc(Sc2ncnc3c2cnn3C)n1. The third-order valence-electron chi connectivity index (χ3n) is 2.27. The minimum absolute atomic E-state index is 0.843. The molecule has 0 aliphatic carbocycles. The molecule has 0 unspecified atom stereocenters. The molecule has 17 heavy (non-hydrogen) atoms. The van der Waals surface area contributed by atoms with Gasteiger partial charge in [0.25, 0.3) is 0 Å². The Kier molecular flexibility index (Phi) is 2.56. The van der Waals surface area contributed by atoms with Crippen molar-refractivity contribution < 1.29 is 0 Å². The molecule has 0 spiro atoms. The van der Waals surface area contributed by atoms with E-state index in [9.17, 15) is 0 Å². The van der Waals surface area contributed by atoms with E-state index < -0.39 is 0 Å². The van der Waals surface area contributed by atoms with E-state index in [4.69, 9.17) is 0 Å². The van der Waals surface area contributed by atoms with Crippen LogP contribution in [0.2, 0.25) is 0 Å². The molecule has 3 heterocycles. The molecule has 0 bridgehead atoms. The van der Waals surface area contributed by atoms with Crippen molar-refractivity contribution in [3.8, 4) is 0 Å². The highest BCUT2D eigenvalue weighted by atomic mass is 32.2. The molecular formula is C10H9N5S2. The van der Waals surface area contributed by atoms with Crippen LogP contribution >= 0.6 is 23.1 Å². The Labute approximate surface area is 106 Å². The van der Waals surface area contributed by atoms with Crippen molar-refractivity contribution in [2.75, 3.05) is 0 Å². The summed E-state index contributed by atoms with van der Waals surface area (Å²) in [6.45, 7) is 1.99. The maximum Gasteiger partial charge on any atom is 0.162 e. The van der Waals surface area contributed by atoms with E-state index in [0.29, 0.717) is 0 Å². The van der Waals surface area contributed by atoms with E-state index in [1.54, 1.807) is 40.3 Å². The van der Waals surface area contributed by atoms with Gasteiger partial charge in [0, 0.05) is 18.1 Å². The normalized spacial score (nSPS) is 11.2. The Morgan fingerprint density at radius 2 is 2.24 bits per heavy atom. The van der Waals surface area contributed by atoms with Crippen molar-refractivity contribution in [1.82, 2.24) is 24.7 Å². The maximum absolute atomic E-state index is 4.41. The zero-order valence-electron chi connectivity index (χ0n) is 9.28. The third-order valence-corrected chi connectivity index (χ3v) is 4.35. The van der Waals surface area contributed by atoms with E-state index in [1.807, 2.05) is 19.4 Å². The number of nitrogens with zero attached hydrogens (tertiary/aromatic N) is 5. The van der Waals surface area contributed by atoms with Gasteiger partial charge in [-0.05, 0) is 18.7 Å². The molecule has 3 rings (SSSR count). The Morgan fingerprint density at radius 3 is 3.00 bits per heavy atom. The van der Waals surface area contributed by atoms with Gasteiger partial charge >= 0.3 is 0 Å². The molecule has 0 aromatic carbocycles. The van der Waals surface area contributed by atoms with Gasteiger partial charge in [0.1, 0.15) is 11.4 Å². The van der Waals surface area contributed by atoms with Crippen molar-refractivity contribution in [1.29, 1.82) is 0 Å².